The Hall–Kier alpha value is -1.66. The van der Waals surface area contributed by atoms with Crippen LogP contribution in [0.15, 0.2) is 30.3 Å². The van der Waals surface area contributed by atoms with Crippen molar-refractivity contribution in [3.63, 3.8) is 0 Å². The van der Waals surface area contributed by atoms with E-state index in [1.807, 2.05) is 45.0 Å². The van der Waals surface area contributed by atoms with Crippen molar-refractivity contribution in [2.75, 3.05) is 6.61 Å². The molecule has 1 unspecified atom stereocenters. The zero-order chi connectivity index (χ0) is 16.3. The molecule has 2 nitrogen and oxygen atoms in total. The average Bonchev–Trinajstić information content (AvgIpc) is 2.47. The maximum absolute atomic E-state index is 12.7. The van der Waals surface area contributed by atoms with Gasteiger partial charge in [-0.15, -0.1) is 0 Å². The first-order valence-corrected chi connectivity index (χ1v) is 8.55. The van der Waals surface area contributed by atoms with Gasteiger partial charge in [0.1, 0.15) is 5.75 Å². The zero-order valence-corrected chi connectivity index (χ0v) is 14.9. The summed E-state index contributed by atoms with van der Waals surface area (Å²) in [4.78, 5) is 12.7. The zero-order valence-electron chi connectivity index (χ0n) is 13.9. The Morgan fingerprint density at radius 3 is 2.23 bits per heavy atom. The molecule has 0 aliphatic heterocycles. The van der Waals surface area contributed by atoms with E-state index in [0.29, 0.717) is 6.61 Å². The van der Waals surface area contributed by atoms with Crippen LogP contribution < -0.4 is 10.0 Å². The Balaban J connectivity index is 2.24. The molecule has 2 aromatic rings. The summed E-state index contributed by atoms with van der Waals surface area (Å²) in [6.07, 6.45) is 0. The highest BCUT2D eigenvalue weighted by Gasteiger charge is 2.15. The van der Waals surface area contributed by atoms with Crippen molar-refractivity contribution in [3.05, 3.63) is 58.1 Å². The van der Waals surface area contributed by atoms with Gasteiger partial charge in [0.05, 0.1) is 6.61 Å². The number of ether oxygens (including phenoxy) is 1. The molecule has 0 heterocycles. The maximum atomic E-state index is 12.7. The van der Waals surface area contributed by atoms with E-state index >= 15 is 0 Å². The van der Waals surface area contributed by atoms with Gasteiger partial charge in [-0.1, -0.05) is 18.2 Å². The minimum Gasteiger partial charge on any atom is -0.494 e. The van der Waals surface area contributed by atoms with Gasteiger partial charge in [0, 0.05) is 5.56 Å². The quantitative estimate of drug-likeness (QED) is 0.762. The van der Waals surface area contributed by atoms with Crippen LogP contribution in [0.3, 0.4) is 0 Å². The first-order valence-electron chi connectivity index (χ1n) is 7.55. The summed E-state index contributed by atoms with van der Waals surface area (Å²) in [5.74, 6) is 0.849. The van der Waals surface area contributed by atoms with Gasteiger partial charge in [0.25, 0.3) is 0 Å². The van der Waals surface area contributed by atoms with Crippen LogP contribution in [0.2, 0.25) is 0 Å². The molecule has 0 saturated heterocycles. The van der Waals surface area contributed by atoms with E-state index < -0.39 is 0 Å². The molecule has 2 rings (SSSR count). The van der Waals surface area contributed by atoms with Crippen LogP contribution in [0.1, 0.15) is 39.5 Å². The van der Waals surface area contributed by atoms with Crippen molar-refractivity contribution in [1.82, 2.24) is 0 Å². The highest BCUT2D eigenvalue weighted by atomic mass is 31.1. The molecule has 0 aliphatic carbocycles. The van der Waals surface area contributed by atoms with Crippen LogP contribution in [-0.4, -0.2) is 12.1 Å². The van der Waals surface area contributed by atoms with Gasteiger partial charge in [-0.3, -0.25) is 4.79 Å². The smallest absolute Gasteiger partial charge is 0.186 e. The number of aryl methyl sites for hydroxylation is 2. The molecule has 0 amide bonds. The second kappa shape index (κ2) is 7.07. The van der Waals surface area contributed by atoms with Gasteiger partial charge in [-0.05, 0) is 82.9 Å². The van der Waals surface area contributed by atoms with Crippen molar-refractivity contribution >= 4 is 19.4 Å². The van der Waals surface area contributed by atoms with E-state index in [1.54, 1.807) is 0 Å². The molecule has 0 aliphatic rings. The number of benzene rings is 2. The van der Waals surface area contributed by atoms with Gasteiger partial charge < -0.3 is 4.74 Å². The number of hydrogen-bond donors (Lipinski definition) is 0. The fraction of sp³-hybridized carbons (Fsp3) is 0.316. The van der Waals surface area contributed by atoms with Crippen molar-refractivity contribution in [2.24, 2.45) is 0 Å². The largest absolute Gasteiger partial charge is 0.494 e. The van der Waals surface area contributed by atoms with Gasteiger partial charge >= 0.3 is 0 Å². The van der Waals surface area contributed by atoms with Crippen molar-refractivity contribution in [1.29, 1.82) is 0 Å². The van der Waals surface area contributed by atoms with Crippen molar-refractivity contribution in [2.45, 2.75) is 34.6 Å². The Labute approximate surface area is 134 Å². The number of rotatable bonds is 5. The third kappa shape index (κ3) is 3.56. The van der Waals surface area contributed by atoms with E-state index in [4.69, 9.17) is 4.74 Å². The topological polar surface area (TPSA) is 26.3 Å². The van der Waals surface area contributed by atoms with E-state index in [-0.39, 0.29) is 14.1 Å². The fourth-order valence-electron chi connectivity index (χ4n) is 2.63. The molecule has 22 heavy (non-hydrogen) atoms. The summed E-state index contributed by atoms with van der Waals surface area (Å²) in [5.41, 5.74) is 5.74. The highest BCUT2D eigenvalue weighted by molar-refractivity contribution is 7.66. The van der Waals surface area contributed by atoms with Gasteiger partial charge in [0.15, 0.2) is 5.52 Å². The molecule has 1 atom stereocenters. The lowest BCUT2D eigenvalue weighted by molar-refractivity contribution is 0.108. The molecular weight excluding hydrogens is 291 g/mol. The summed E-state index contributed by atoms with van der Waals surface area (Å²) in [6, 6.07) is 9.93. The van der Waals surface area contributed by atoms with Crippen LogP contribution in [0.25, 0.3) is 0 Å². The summed E-state index contributed by atoms with van der Waals surface area (Å²) in [6.45, 7) is 10.9. The molecule has 0 fully saturated rings. The predicted molar refractivity (Wildman–Crippen MR) is 95.3 cm³/mol. The van der Waals surface area contributed by atoms with E-state index in [0.717, 1.165) is 27.7 Å². The number of carbonyl (C=O) groups is 1. The molecule has 2 aromatic carbocycles. The molecule has 0 spiro atoms. The molecule has 0 radical (unpaired) electrons. The first-order chi connectivity index (χ1) is 10.4. The summed E-state index contributed by atoms with van der Waals surface area (Å²) < 4.78 is 5.44. The lowest BCUT2D eigenvalue weighted by atomic mass is 9.95. The maximum Gasteiger partial charge on any atom is 0.186 e. The van der Waals surface area contributed by atoms with E-state index in [2.05, 4.69) is 19.9 Å². The lowest BCUT2D eigenvalue weighted by Gasteiger charge is -2.14. The van der Waals surface area contributed by atoms with E-state index in [9.17, 15) is 4.79 Å². The average molecular weight is 314 g/mol. The Bertz CT molecular complexity index is 688. The molecule has 0 N–H and O–H groups in total. The summed E-state index contributed by atoms with van der Waals surface area (Å²) in [7, 11) is 0.146. The molecule has 116 valence electrons. The minimum absolute atomic E-state index is 0.146. The molecular formula is C19H23O2P. The fourth-order valence-corrected chi connectivity index (χ4v) is 3.73. The van der Waals surface area contributed by atoms with Gasteiger partial charge in [0.2, 0.25) is 0 Å². The second-order valence-electron chi connectivity index (χ2n) is 5.55. The second-order valence-corrected chi connectivity index (χ2v) is 6.83. The minimum atomic E-state index is 0.146. The van der Waals surface area contributed by atoms with Crippen LogP contribution in [-0.2, 0) is 0 Å². The monoisotopic (exact) mass is 314 g/mol. The molecule has 0 saturated carbocycles. The van der Waals surface area contributed by atoms with Crippen LogP contribution in [0.5, 0.6) is 5.75 Å². The number of carbonyl (C=O) groups excluding carboxylic acids is 1. The molecule has 0 bridgehead atoms. The van der Waals surface area contributed by atoms with Gasteiger partial charge in [-0.2, -0.15) is 0 Å². The van der Waals surface area contributed by atoms with Crippen LogP contribution in [0.4, 0.5) is 0 Å². The van der Waals surface area contributed by atoms with Crippen LogP contribution >= 0.6 is 8.58 Å². The third-order valence-electron chi connectivity index (χ3n) is 4.01. The Kier molecular flexibility index (Phi) is 5.37. The summed E-state index contributed by atoms with van der Waals surface area (Å²) >= 11 is 0. The molecule has 0 aromatic heterocycles. The van der Waals surface area contributed by atoms with Gasteiger partial charge in [-0.25, -0.2) is 0 Å². The lowest BCUT2D eigenvalue weighted by Crippen LogP contribution is -2.07. The molecule has 3 heteroatoms. The Morgan fingerprint density at radius 1 is 1.00 bits per heavy atom. The number of hydrogen-bond acceptors (Lipinski definition) is 2. The van der Waals surface area contributed by atoms with Crippen molar-refractivity contribution in [3.8, 4) is 5.75 Å². The standard InChI is InChI=1S/C19H23O2P/c1-6-21-16-7-9-17(10-8-16)22-19(20)18-13(3)11-12(2)14(4)15(18)5/h7-11,22H,6H2,1-5H3. The van der Waals surface area contributed by atoms with Crippen molar-refractivity contribution < 1.29 is 9.53 Å². The highest BCUT2D eigenvalue weighted by Crippen LogP contribution is 2.28. The summed E-state index contributed by atoms with van der Waals surface area (Å²) in [5, 5.41) is 1.05. The SMILES string of the molecule is CCOc1ccc(PC(=O)c2c(C)cc(C)c(C)c2C)cc1. The third-order valence-corrected chi connectivity index (χ3v) is 5.11. The Morgan fingerprint density at radius 2 is 1.64 bits per heavy atom. The predicted octanol–water partition coefficient (Wildman–Crippen LogP) is 4.46. The normalized spacial score (nSPS) is 11.1. The first kappa shape index (κ1) is 16.7. The van der Waals surface area contributed by atoms with E-state index in [1.165, 1.54) is 11.1 Å². The van der Waals surface area contributed by atoms with Crippen LogP contribution in [0, 0.1) is 27.7 Å².